The third kappa shape index (κ3) is 4.55. The van der Waals surface area contributed by atoms with E-state index in [1.807, 2.05) is 30.3 Å². The molecule has 0 bridgehead atoms. The van der Waals surface area contributed by atoms with Crippen molar-refractivity contribution in [2.45, 2.75) is 6.42 Å². The Kier molecular flexibility index (Phi) is 6.09. The van der Waals surface area contributed by atoms with Gasteiger partial charge in [-0.2, -0.15) is 0 Å². The number of fused-ring (bicyclic) bond motifs is 3. The van der Waals surface area contributed by atoms with Crippen LogP contribution in [-0.2, 0) is 6.42 Å². The second-order valence-electron chi connectivity index (χ2n) is 11.4. The van der Waals surface area contributed by atoms with E-state index in [-0.39, 0.29) is 0 Å². The summed E-state index contributed by atoms with van der Waals surface area (Å²) < 4.78 is 6.08. The normalized spacial score (nSPS) is 12.4. The smallest absolute Gasteiger partial charge is 0.249 e. The number of hydrogen-bond donors (Lipinski definition) is 0. The average molecular weight is 592 g/mol. The summed E-state index contributed by atoms with van der Waals surface area (Å²) in [5.41, 5.74) is 9.70. The van der Waals surface area contributed by atoms with Gasteiger partial charge in [0.15, 0.2) is 0 Å². The zero-order chi connectivity index (χ0) is 30.5. The molecule has 3 aromatic heterocycles. The Labute approximate surface area is 264 Å². The Bertz CT molecular complexity index is 2410. The van der Waals surface area contributed by atoms with Crippen LogP contribution in [0, 0.1) is 0 Å². The number of rotatable bonds is 5. The molecule has 8 aromatic rings. The summed E-state index contributed by atoms with van der Waals surface area (Å²) in [6, 6.07) is 44.0. The third-order valence-corrected chi connectivity index (χ3v) is 8.52. The molecule has 0 amide bonds. The molecule has 0 radical (unpaired) electrons. The fourth-order valence-electron chi connectivity index (χ4n) is 6.34. The van der Waals surface area contributed by atoms with Crippen molar-refractivity contribution in [3.05, 3.63) is 151 Å². The van der Waals surface area contributed by atoms with Crippen molar-refractivity contribution in [2.75, 3.05) is 0 Å². The van der Waals surface area contributed by atoms with Gasteiger partial charge in [-0.05, 0) is 86.8 Å². The minimum atomic E-state index is 0.428. The molecule has 0 saturated carbocycles. The molecular formula is C40H25N5O. The fourth-order valence-corrected chi connectivity index (χ4v) is 6.34. The van der Waals surface area contributed by atoms with Gasteiger partial charge in [0, 0.05) is 29.9 Å². The van der Waals surface area contributed by atoms with Crippen LogP contribution in [0.15, 0.2) is 149 Å². The lowest BCUT2D eigenvalue weighted by molar-refractivity contribution is 0.584. The maximum Gasteiger partial charge on any atom is 0.249 e. The highest BCUT2D eigenvalue weighted by Crippen LogP contribution is 2.39. The molecule has 1 aliphatic rings. The van der Waals surface area contributed by atoms with Gasteiger partial charge in [0.05, 0.1) is 28.4 Å². The summed E-state index contributed by atoms with van der Waals surface area (Å²) in [5.74, 6) is 0.866. The second kappa shape index (κ2) is 10.7. The van der Waals surface area contributed by atoms with Crippen molar-refractivity contribution in [2.24, 2.45) is 4.99 Å². The van der Waals surface area contributed by atoms with Gasteiger partial charge in [-0.3, -0.25) is 9.98 Å². The Balaban J connectivity index is 1.23. The van der Waals surface area contributed by atoms with E-state index in [1.165, 1.54) is 32.7 Å². The minimum absolute atomic E-state index is 0.428. The molecule has 6 heteroatoms. The quantitative estimate of drug-likeness (QED) is 0.186. The molecule has 4 heterocycles. The maximum absolute atomic E-state index is 6.08. The van der Waals surface area contributed by atoms with E-state index in [1.54, 1.807) is 12.4 Å². The first-order valence-electron chi connectivity index (χ1n) is 15.2. The van der Waals surface area contributed by atoms with Crippen molar-refractivity contribution in [3.63, 3.8) is 0 Å². The maximum atomic E-state index is 6.08. The SMILES string of the molecule is c1cncc(-c2nnc(-c3cccc(-c4cc(-c5c6ccccc6cc6ccccc56)cc(C5=Nc6ccccc6C5)n4)c3)o2)c1. The van der Waals surface area contributed by atoms with E-state index >= 15 is 0 Å². The van der Waals surface area contributed by atoms with Gasteiger partial charge < -0.3 is 4.42 Å². The van der Waals surface area contributed by atoms with Crippen LogP contribution in [0.2, 0.25) is 0 Å². The van der Waals surface area contributed by atoms with Gasteiger partial charge >= 0.3 is 0 Å². The zero-order valence-electron chi connectivity index (χ0n) is 24.6. The molecular weight excluding hydrogens is 566 g/mol. The molecule has 216 valence electrons. The monoisotopic (exact) mass is 591 g/mol. The van der Waals surface area contributed by atoms with Gasteiger partial charge in [0.25, 0.3) is 0 Å². The topological polar surface area (TPSA) is 77.1 Å². The van der Waals surface area contributed by atoms with E-state index in [0.29, 0.717) is 11.8 Å². The van der Waals surface area contributed by atoms with Crippen molar-refractivity contribution in [1.29, 1.82) is 0 Å². The lowest BCUT2D eigenvalue weighted by Crippen LogP contribution is -2.05. The molecule has 0 fully saturated rings. The fraction of sp³-hybridized carbons (Fsp3) is 0.0250. The summed E-state index contributed by atoms with van der Waals surface area (Å²) in [6.07, 6.45) is 4.17. The van der Waals surface area contributed by atoms with Crippen molar-refractivity contribution in [3.8, 4) is 45.3 Å². The van der Waals surface area contributed by atoms with E-state index in [9.17, 15) is 0 Å². The summed E-state index contributed by atoms with van der Waals surface area (Å²) in [4.78, 5) is 14.4. The Morgan fingerprint density at radius 2 is 1.24 bits per heavy atom. The number of pyridine rings is 2. The highest BCUT2D eigenvalue weighted by atomic mass is 16.4. The highest BCUT2D eigenvalue weighted by molar-refractivity contribution is 6.14. The van der Waals surface area contributed by atoms with Gasteiger partial charge in [0.1, 0.15) is 0 Å². The lowest BCUT2D eigenvalue weighted by Gasteiger charge is -2.15. The van der Waals surface area contributed by atoms with Crippen LogP contribution in [-0.4, -0.2) is 25.9 Å². The first-order chi connectivity index (χ1) is 22.8. The summed E-state index contributed by atoms with van der Waals surface area (Å²) >= 11 is 0. The number of aromatic nitrogens is 4. The second-order valence-corrected chi connectivity index (χ2v) is 11.4. The van der Waals surface area contributed by atoms with Crippen LogP contribution < -0.4 is 0 Å². The summed E-state index contributed by atoms with van der Waals surface area (Å²) in [5, 5.41) is 13.4. The zero-order valence-corrected chi connectivity index (χ0v) is 24.6. The first kappa shape index (κ1) is 26.2. The Morgan fingerprint density at radius 1 is 0.543 bits per heavy atom. The van der Waals surface area contributed by atoms with Crippen molar-refractivity contribution in [1.82, 2.24) is 20.2 Å². The summed E-state index contributed by atoms with van der Waals surface area (Å²) in [7, 11) is 0. The van der Waals surface area contributed by atoms with E-state index in [4.69, 9.17) is 14.4 Å². The predicted molar refractivity (Wildman–Crippen MR) is 183 cm³/mol. The van der Waals surface area contributed by atoms with Crippen LogP contribution >= 0.6 is 0 Å². The molecule has 0 spiro atoms. The molecule has 6 nitrogen and oxygen atoms in total. The van der Waals surface area contributed by atoms with Gasteiger partial charge in [-0.1, -0.05) is 78.9 Å². The number of aliphatic imine (C=N–C) groups is 1. The molecule has 46 heavy (non-hydrogen) atoms. The Morgan fingerprint density at radius 3 is 2.02 bits per heavy atom. The molecule has 0 atom stereocenters. The van der Waals surface area contributed by atoms with Crippen LogP contribution in [0.25, 0.3) is 66.8 Å². The van der Waals surface area contributed by atoms with Crippen molar-refractivity contribution >= 4 is 32.9 Å². The van der Waals surface area contributed by atoms with E-state index in [0.717, 1.165) is 51.5 Å². The van der Waals surface area contributed by atoms with Crippen LogP contribution in [0.1, 0.15) is 11.3 Å². The molecule has 0 N–H and O–H groups in total. The van der Waals surface area contributed by atoms with E-state index in [2.05, 4.69) is 112 Å². The molecule has 0 unspecified atom stereocenters. The molecule has 0 aliphatic carbocycles. The molecule has 9 rings (SSSR count). The summed E-state index contributed by atoms with van der Waals surface area (Å²) in [6.45, 7) is 0. The number of hydrogen-bond acceptors (Lipinski definition) is 6. The van der Waals surface area contributed by atoms with Crippen LogP contribution in [0.3, 0.4) is 0 Å². The minimum Gasteiger partial charge on any atom is -0.416 e. The van der Waals surface area contributed by atoms with Gasteiger partial charge in [0.2, 0.25) is 11.8 Å². The largest absolute Gasteiger partial charge is 0.416 e. The van der Waals surface area contributed by atoms with E-state index < -0.39 is 0 Å². The van der Waals surface area contributed by atoms with Gasteiger partial charge in [-0.15, -0.1) is 10.2 Å². The molecule has 5 aromatic carbocycles. The average Bonchev–Trinajstić information content (AvgIpc) is 3.79. The molecule has 0 saturated heterocycles. The molecule has 1 aliphatic heterocycles. The standard InChI is InChI=1S/C40H25N5O/c1-4-15-32-25(9-1)19-26-10-2-5-16-33(26)38(32)31-22-35(43-37(23-31)36-21-28-11-3-6-17-34(28)42-36)27-12-7-13-29(20-27)39-44-45-40(46-39)30-14-8-18-41-24-30/h1-20,22-24H,21H2. The van der Waals surface area contributed by atoms with Crippen molar-refractivity contribution < 1.29 is 4.42 Å². The highest BCUT2D eigenvalue weighted by Gasteiger charge is 2.20. The van der Waals surface area contributed by atoms with Crippen LogP contribution in [0.5, 0.6) is 0 Å². The lowest BCUT2D eigenvalue weighted by atomic mass is 9.91. The third-order valence-electron chi connectivity index (χ3n) is 8.52. The number of benzene rings is 5. The number of para-hydroxylation sites is 1. The van der Waals surface area contributed by atoms with Crippen LogP contribution in [0.4, 0.5) is 5.69 Å². The van der Waals surface area contributed by atoms with Gasteiger partial charge in [-0.25, -0.2) is 4.98 Å². The Hall–Kier alpha value is -6.27. The number of nitrogens with zero attached hydrogens (tertiary/aromatic N) is 5. The first-order valence-corrected chi connectivity index (χ1v) is 15.2. The predicted octanol–water partition coefficient (Wildman–Crippen LogP) is 9.51.